The highest BCUT2D eigenvalue weighted by atomic mass is 79.9. The molecule has 1 unspecified atom stereocenters. The summed E-state index contributed by atoms with van der Waals surface area (Å²) in [7, 11) is -6.90. The fourth-order valence-electron chi connectivity index (χ4n) is 1.43. The number of benzene rings is 1. The molecule has 1 rings (SSSR count). The van der Waals surface area contributed by atoms with E-state index in [1.165, 1.54) is 19.1 Å². The van der Waals surface area contributed by atoms with E-state index in [0.29, 0.717) is 0 Å². The normalized spacial score (nSPS) is 14.4. The lowest BCUT2D eigenvalue weighted by Crippen LogP contribution is -2.37. The van der Waals surface area contributed by atoms with E-state index in [9.17, 15) is 16.8 Å². The van der Waals surface area contributed by atoms with Crippen molar-refractivity contribution in [1.82, 2.24) is 4.72 Å². The van der Waals surface area contributed by atoms with Crippen molar-refractivity contribution in [3.8, 4) is 0 Å². The zero-order valence-corrected chi connectivity index (χ0v) is 13.1. The molecular formula is C10H14BrNO4S2. The van der Waals surface area contributed by atoms with Crippen molar-refractivity contribution >= 4 is 35.8 Å². The monoisotopic (exact) mass is 355 g/mol. The van der Waals surface area contributed by atoms with Gasteiger partial charge < -0.3 is 0 Å². The summed E-state index contributed by atoms with van der Waals surface area (Å²) in [6.45, 7) is 1.51. The van der Waals surface area contributed by atoms with Crippen LogP contribution in [-0.4, -0.2) is 34.9 Å². The minimum absolute atomic E-state index is 0.103. The van der Waals surface area contributed by atoms with E-state index in [-0.39, 0.29) is 10.6 Å². The minimum Gasteiger partial charge on any atom is -0.229 e. The van der Waals surface area contributed by atoms with Crippen molar-refractivity contribution in [2.24, 2.45) is 0 Å². The van der Waals surface area contributed by atoms with Crippen LogP contribution in [0.1, 0.15) is 6.92 Å². The van der Waals surface area contributed by atoms with E-state index in [1.54, 1.807) is 12.1 Å². The van der Waals surface area contributed by atoms with Crippen molar-refractivity contribution in [1.29, 1.82) is 0 Å². The average molecular weight is 356 g/mol. The fraction of sp³-hybridized carbons (Fsp3) is 0.400. The average Bonchev–Trinajstić information content (AvgIpc) is 2.13. The van der Waals surface area contributed by atoms with E-state index in [1.807, 2.05) is 0 Å². The summed E-state index contributed by atoms with van der Waals surface area (Å²) in [6, 6.07) is 5.43. The molecule has 102 valence electrons. The zero-order chi connectivity index (χ0) is 14.0. The van der Waals surface area contributed by atoms with Gasteiger partial charge in [-0.3, -0.25) is 0 Å². The van der Waals surface area contributed by atoms with E-state index in [2.05, 4.69) is 20.7 Å². The summed E-state index contributed by atoms with van der Waals surface area (Å²) >= 11 is 3.21. The summed E-state index contributed by atoms with van der Waals surface area (Å²) in [6.07, 6.45) is 1.07. The molecule has 1 aromatic rings. The third kappa shape index (κ3) is 5.05. The van der Waals surface area contributed by atoms with Gasteiger partial charge in [0, 0.05) is 16.8 Å². The maximum atomic E-state index is 11.9. The second-order valence-electron chi connectivity index (χ2n) is 4.07. The van der Waals surface area contributed by atoms with Gasteiger partial charge in [0.15, 0.2) is 0 Å². The topological polar surface area (TPSA) is 80.3 Å². The van der Waals surface area contributed by atoms with E-state index in [0.717, 1.165) is 10.7 Å². The Bertz CT molecular complexity index is 608. The maximum absolute atomic E-state index is 11.9. The highest BCUT2D eigenvalue weighted by Gasteiger charge is 2.19. The molecule has 0 saturated heterocycles. The number of halogens is 1. The Morgan fingerprint density at radius 3 is 2.11 bits per heavy atom. The van der Waals surface area contributed by atoms with Gasteiger partial charge in [0.2, 0.25) is 10.0 Å². The lowest BCUT2D eigenvalue weighted by Gasteiger charge is -2.13. The molecule has 0 saturated carbocycles. The van der Waals surface area contributed by atoms with Gasteiger partial charge in [-0.2, -0.15) is 0 Å². The molecule has 18 heavy (non-hydrogen) atoms. The van der Waals surface area contributed by atoms with Crippen molar-refractivity contribution in [3.05, 3.63) is 28.7 Å². The molecule has 8 heteroatoms. The summed E-state index contributed by atoms with van der Waals surface area (Å²) in [4.78, 5) is 0.103. The standard InChI is InChI=1S/C10H14BrNO4S2/c1-8(7-17(2,13)14)12-18(15,16)10-5-3-9(11)4-6-10/h3-6,8,12H,7H2,1-2H3. The Morgan fingerprint density at radius 1 is 1.17 bits per heavy atom. The van der Waals surface area contributed by atoms with Crippen LogP contribution < -0.4 is 4.72 Å². The first-order valence-corrected chi connectivity index (χ1v) is 9.39. The van der Waals surface area contributed by atoms with Crippen LogP contribution >= 0.6 is 15.9 Å². The molecule has 0 aliphatic rings. The predicted octanol–water partition coefficient (Wildman–Crippen LogP) is 1.16. The van der Waals surface area contributed by atoms with Crippen molar-refractivity contribution in [2.45, 2.75) is 17.9 Å². The third-order valence-electron chi connectivity index (χ3n) is 2.03. The van der Waals surface area contributed by atoms with Crippen molar-refractivity contribution < 1.29 is 16.8 Å². The second kappa shape index (κ2) is 5.68. The Morgan fingerprint density at radius 2 is 1.67 bits per heavy atom. The Labute approximate surface area is 116 Å². The first-order valence-electron chi connectivity index (χ1n) is 5.06. The number of sulfone groups is 1. The number of sulfonamides is 1. The molecule has 0 amide bonds. The van der Waals surface area contributed by atoms with Gasteiger partial charge in [-0.1, -0.05) is 15.9 Å². The van der Waals surface area contributed by atoms with Crippen LogP contribution in [0.25, 0.3) is 0 Å². The molecule has 5 nitrogen and oxygen atoms in total. The highest BCUT2D eigenvalue weighted by Crippen LogP contribution is 2.14. The Balaban J connectivity index is 2.86. The lowest BCUT2D eigenvalue weighted by atomic mass is 10.4. The molecule has 0 heterocycles. The third-order valence-corrected chi connectivity index (χ3v) is 5.27. The molecule has 0 aliphatic heterocycles. The summed E-state index contributed by atoms with van der Waals surface area (Å²) in [5.74, 6) is -0.233. The Hall–Kier alpha value is -0.440. The smallest absolute Gasteiger partial charge is 0.229 e. The Kier molecular flexibility index (Phi) is 4.93. The molecule has 0 radical (unpaired) electrons. The van der Waals surface area contributed by atoms with Gasteiger partial charge in [-0.25, -0.2) is 21.6 Å². The van der Waals surface area contributed by atoms with Crippen molar-refractivity contribution in [2.75, 3.05) is 12.0 Å². The number of rotatable bonds is 5. The van der Waals surface area contributed by atoms with Crippen molar-refractivity contribution in [3.63, 3.8) is 0 Å². The molecule has 1 N–H and O–H groups in total. The summed E-state index contributed by atoms with van der Waals surface area (Å²) in [5.41, 5.74) is 0. The van der Waals surface area contributed by atoms with Gasteiger partial charge in [0.05, 0.1) is 10.6 Å². The highest BCUT2D eigenvalue weighted by molar-refractivity contribution is 9.10. The molecule has 0 bridgehead atoms. The van der Waals surface area contributed by atoms with Gasteiger partial charge in [0.25, 0.3) is 0 Å². The summed E-state index contributed by atoms with van der Waals surface area (Å²) < 4.78 is 49.1. The maximum Gasteiger partial charge on any atom is 0.240 e. The molecule has 0 spiro atoms. The molecule has 0 aromatic heterocycles. The zero-order valence-electron chi connectivity index (χ0n) is 9.92. The van der Waals surface area contributed by atoms with Gasteiger partial charge in [-0.05, 0) is 31.2 Å². The van der Waals surface area contributed by atoms with Gasteiger partial charge >= 0.3 is 0 Å². The quantitative estimate of drug-likeness (QED) is 0.859. The molecule has 1 aromatic carbocycles. The number of hydrogen-bond donors (Lipinski definition) is 1. The predicted molar refractivity (Wildman–Crippen MR) is 73.6 cm³/mol. The van der Waals surface area contributed by atoms with Crippen LogP contribution in [0.2, 0.25) is 0 Å². The van der Waals surface area contributed by atoms with E-state index < -0.39 is 25.9 Å². The molecule has 0 fully saturated rings. The van der Waals surface area contributed by atoms with Gasteiger partial charge in [0.1, 0.15) is 9.84 Å². The SMILES string of the molecule is CC(CS(C)(=O)=O)NS(=O)(=O)c1ccc(Br)cc1. The molecule has 1 atom stereocenters. The number of nitrogens with one attached hydrogen (secondary N) is 1. The molecular weight excluding hydrogens is 342 g/mol. The van der Waals surface area contributed by atoms with E-state index >= 15 is 0 Å². The summed E-state index contributed by atoms with van der Waals surface area (Å²) in [5, 5.41) is 0. The fourth-order valence-corrected chi connectivity index (χ4v) is 4.04. The van der Waals surface area contributed by atoms with E-state index in [4.69, 9.17) is 0 Å². The number of hydrogen-bond acceptors (Lipinski definition) is 4. The van der Waals surface area contributed by atoms with Crippen LogP contribution in [0.4, 0.5) is 0 Å². The van der Waals surface area contributed by atoms with Crippen LogP contribution in [-0.2, 0) is 19.9 Å². The lowest BCUT2D eigenvalue weighted by molar-refractivity contribution is 0.564. The van der Waals surface area contributed by atoms with Crippen LogP contribution in [0.15, 0.2) is 33.6 Å². The molecule has 0 aliphatic carbocycles. The van der Waals surface area contributed by atoms with Gasteiger partial charge in [-0.15, -0.1) is 0 Å². The van der Waals surface area contributed by atoms with Crippen LogP contribution in [0, 0.1) is 0 Å². The first-order chi connectivity index (χ1) is 8.10. The minimum atomic E-state index is -3.68. The van der Waals surface area contributed by atoms with Crippen LogP contribution in [0.5, 0.6) is 0 Å². The largest absolute Gasteiger partial charge is 0.240 e. The first kappa shape index (κ1) is 15.6. The van der Waals surface area contributed by atoms with Crippen LogP contribution in [0.3, 0.4) is 0 Å². The second-order valence-corrected chi connectivity index (χ2v) is 8.88.